The molecule has 0 fully saturated rings. The van der Waals surface area contributed by atoms with Gasteiger partial charge in [0, 0.05) is 5.56 Å². The van der Waals surface area contributed by atoms with Gasteiger partial charge in [-0.15, -0.1) is 0 Å². The van der Waals surface area contributed by atoms with Gasteiger partial charge in [0.2, 0.25) is 0 Å². The van der Waals surface area contributed by atoms with Gasteiger partial charge in [-0.25, -0.2) is 9.59 Å². The van der Waals surface area contributed by atoms with Gasteiger partial charge in [-0.3, -0.25) is 0 Å². The predicted octanol–water partition coefficient (Wildman–Crippen LogP) is 4.99. The Kier molecular flexibility index (Phi) is 6.66. The fourth-order valence-electron chi connectivity index (χ4n) is 2.36. The number of aromatic carboxylic acids is 2. The van der Waals surface area contributed by atoms with E-state index in [1.54, 1.807) is 13.1 Å². The number of rotatable bonds is 7. The second-order valence-electron chi connectivity index (χ2n) is 10.1. The van der Waals surface area contributed by atoms with Crippen molar-refractivity contribution in [2.75, 3.05) is 0 Å². The Bertz CT molecular complexity index is 705. The monoisotopic (exact) mass is 426 g/mol. The molecular weight excluding hydrogens is 392 g/mol. The molecule has 0 amide bonds. The molecule has 0 saturated carbocycles. The number of hydrogen-bond donors (Lipinski definition) is 3. The fraction of sp³-hybridized carbons (Fsp3) is 0.600. The Balaban J connectivity index is 3.81. The van der Waals surface area contributed by atoms with Gasteiger partial charge in [-0.2, -0.15) is 0 Å². The van der Waals surface area contributed by atoms with Crippen molar-refractivity contribution in [1.29, 1.82) is 0 Å². The Hall–Kier alpha value is -1.65. The number of carbonyl (C=O) groups is 2. The Labute approximate surface area is 169 Å². The number of benzene rings is 1. The molecule has 0 spiro atoms. The summed E-state index contributed by atoms with van der Waals surface area (Å²) in [6.45, 7) is 17.4. The minimum absolute atomic E-state index is 0.0186. The Morgan fingerprint density at radius 1 is 0.929 bits per heavy atom. The summed E-state index contributed by atoms with van der Waals surface area (Å²) < 4.78 is 6.37. The van der Waals surface area contributed by atoms with E-state index in [9.17, 15) is 24.6 Å². The van der Waals surface area contributed by atoms with Crippen LogP contribution < -0.4 is 4.43 Å². The van der Waals surface area contributed by atoms with Gasteiger partial charge >= 0.3 is 11.9 Å². The summed E-state index contributed by atoms with van der Waals surface area (Å²) in [5.41, 5.74) is 0.319. The van der Waals surface area contributed by atoms with Gasteiger partial charge in [0.25, 0.3) is 8.32 Å². The van der Waals surface area contributed by atoms with E-state index in [2.05, 4.69) is 0 Å². The third kappa shape index (κ3) is 5.04. The summed E-state index contributed by atoms with van der Waals surface area (Å²) in [6, 6.07) is 2.62. The van der Waals surface area contributed by atoms with Crippen molar-refractivity contribution in [3.63, 3.8) is 0 Å². The van der Waals surface area contributed by atoms with Gasteiger partial charge < -0.3 is 19.4 Å². The molecule has 0 saturated heterocycles. The van der Waals surface area contributed by atoms with E-state index in [0.29, 0.717) is 5.56 Å². The molecule has 28 heavy (non-hydrogen) atoms. The van der Waals surface area contributed by atoms with E-state index in [0.717, 1.165) is 0 Å². The van der Waals surface area contributed by atoms with E-state index >= 15 is 0 Å². The molecule has 1 aromatic carbocycles. The lowest BCUT2D eigenvalue weighted by atomic mass is 9.94. The van der Waals surface area contributed by atoms with Crippen LogP contribution in [0.5, 0.6) is 5.75 Å². The first-order valence-electron chi connectivity index (χ1n) is 9.36. The molecule has 0 unspecified atom stereocenters. The maximum atomic E-state index is 11.9. The maximum Gasteiger partial charge on any atom is 0.339 e. The Morgan fingerprint density at radius 2 is 1.36 bits per heavy atom. The fourth-order valence-corrected chi connectivity index (χ4v) is 4.01. The summed E-state index contributed by atoms with van der Waals surface area (Å²) in [7, 11) is -5.11. The summed E-state index contributed by atoms with van der Waals surface area (Å²) in [5, 5.41) is 18.7. The zero-order valence-electron chi connectivity index (χ0n) is 18.4. The number of hydrogen-bond acceptors (Lipinski definition) is 4. The van der Waals surface area contributed by atoms with Crippen molar-refractivity contribution < 1.29 is 29.0 Å². The molecule has 1 rings (SSSR count). The Morgan fingerprint density at radius 3 is 1.71 bits per heavy atom. The molecule has 0 bridgehead atoms. The van der Waals surface area contributed by atoms with Gasteiger partial charge in [0.15, 0.2) is 8.32 Å². The molecule has 0 aliphatic heterocycles. The average Bonchev–Trinajstić information content (AvgIpc) is 2.45. The zero-order chi connectivity index (χ0) is 22.3. The first-order chi connectivity index (χ1) is 12.3. The second-order valence-corrected chi connectivity index (χ2v) is 19.3. The average molecular weight is 427 g/mol. The SMILES string of the molecule is CC(C)(Cc1c(C(=O)O)ccc(C(=O)O)c1O[Si](C)(C)C(C)(C)C)[Si](C)(C)O. The molecule has 0 heterocycles. The van der Waals surface area contributed by atoms with E-state index in [4.69, 9.17) is 4.43 Å². The summed E-state index contributed by atoms with van der Waals surface area (Å²) in [4.78, 5) is 34.5. The third-order valence-electron chi connectivity index (χ3n) is 6.16. The van der Waals surface area contributed by atoms with Crippen LogP contribution in [0.1, 0.15) is 60.9 Å². The second kappa shape index (κ2) is 7.64. The zero-order valence-corrected chi connectivity index (χ0v) is 20.4. The highest BCUT2D eigenvalue weighted by molar-refractivity contribution is 6.75. The predicted molar refractivity (Wildman–Crippen MR) is 116 cm³/mol. The van der Waals surface area contributed by atoms with Crippen molar-refractivity contribution >= 4 is 28.6 Å². The highest BCUT2D eigenvalue weighted by Crippen LogP contribution is 2.45. The molecule has 0 atom stereocenters. The van der Waals surface area contributed by atoms with Crippen LogP contribution in [-0.4, -0.2) is 43.6 Å². The molecule has 0 aromatic heterocycles. The summed E-state index contributed by atoms with van der Waals surface area (Å²) in [5.74, 6) is -2.17. The van der Waals surface area contributed by atoms with Crippen molar-refractivity contribution in [1.82, 2.24) is 0 Å². The van der Waals surface area contributed by atoms with Crippen LogP contribution in [0.4, 0.5) is 0 Å². The largest absolute Gasteiger partial charge is 0.543 e. The van der Waals surface area contributed by atoms with Crippen molar-refractivity contribution in [3.05, 3.63) is 28.8 Å². The van der Waals surface area contributed by atoms with Crippen LogP contribution in [0.3, 0.4) is 0 Å². The standard InChI is InChI=1S/C20H34O6Si2/c1-19(2,3)28(8,9)26-16-14(18(23)24)11-10-13(17(21)22)15(16)12-20(4,5)27(6,7)25/h10-11,25H,12H2,1-9H3,(H,21,22)(H,23,24). The molecule has 6 nitrogen and oxygen atoms in total. The van der Waals surface area contributed by atoms with E-state index in [1.165, 1.54) is 12.1 Å². The minimum atomic E-state index is -2.67. The summed E-state index contributed by atoms with van der Waals surface area (Å²) >= 11 is 0. The molecule has 0 aliphatic carbocycles. The van der Waals surface area contributed by atoms with Crippen LogP contribution in [0, 0.1) is 0 Å². The summed E-state index contributed by atoms with van der Waals surface area (Å²) in [6.07, 6.45) is 0.218. The maximum absolute atomic E-state index is 11.9. The van der Waals surface area contributed by atoms with Crippen LogP contribution in [0.25, 0.3) is 0 Å². The molecule has 3 N–H and O–H groups in total. The molecular formula is C20H34O6Si2. The molecule has 158 valence electrons. The number of carboxylic acid groups (broad SMARTS) is 2. The van der Waals surface area contributed by atoms with E-state index < -0.39 is 33.6 Å². The van der Waals surface area contributed by atoms with Gasteiger partial charge in [-0.05, 0) is 54.8 Å². The first kappa shape index (κ1) is 24.4. The van der Waals surface area contributed by atoms with Crippen LogP contribution >= 0.6 is 0 Å². The normalized spacial score (nSPS) is 13.4. The molecule has 8 heteroatoms. The molecule has 0 radical (unpaired) electrons. The van der Waals surface area contributed by atoms with E-state index in [1.807, 2.05) is 47.7 Å². The molecule has 0 aliphatic rings. The van der Waals surface area contributed by atoms with Crippen molar-refractivity contribution in [2.45, 2.75) is 77.3 Å². The van der Waals surface area contributed by atoms with Crippen molar-refractivity contribution in [2.24, 2.45) is 0 Å². The smallest absolute Gasteiger partial charge is 0.339 e. The topological polar surface area (TPSA) is 104 Å². The lowest BCUT2D eigenvalue weighted by molar-refractivity contribution is 0.0677. The minimum Gasteiger partial charge on any atom is -0.543 e. The highest BCUT2D eigenvalue weighted by Gasteiger charge is 2.43. The van der Waals surface area contributed by atoms with Crippen LogP contribution in [0.15, 0.2) is 12.1 Å². The van der Waals surface area contributed by atoms with Crippen LogP contribution in [0.2, 0.25) is 36.3 Å². The number of carboxylic acids is 2. The van der Waals surface area contributed by atoms with E-state index in [-0.39, 0.29) is 28.3 Å². The third-order valence-corrected chi connectivity index (χ3v) is 14.0. The van der Waals surface area contributed by atoms with Crippen molar-refractivity contribution in [3.8, 4) is 5.75 Å². The van der Waals surface area contributed by atoms with Gasteiger partial charge in [-0.1, -0.05) is 34.6 Å². The highest BCUT2D eigenvalue weighted by atomic mass is 28.4. The van der Waals surface area contributed by atoms with Crippen LogP contribution in [-0.2, 0) is 6.42 Å². The first-order valence-corrected chi connectivity index (χ1v) is 15.2. The van der Waals surface area contributed by atoms with Gasteiger partial charge in [0.1, 0.15) is 11.3 Å². The quantitative estimate of drug-likeness (QED) is 0.531. The lowest BCUT2D eigenvalue weighted by Gasteiger charge is -2.39. The molecule has 1 aromatic rings. The van der Waals surface area contributed by atoms with Gasteiger partial charge in [0.05, 0.1) is 5.56 Å². The lowest BCUT2D eigenvalue weighted by Crippen LogP contribution is -2.45.